The first-order valence-electron chi connectivity index (χ1n) is 15.1. The molecule has 4 heterocycles. The van der Waals surface area contributed by atoms with Gasteiger partial charge in [-0.1, -0.05) is 25.1 Å². The van der Waals surface area contributed by atoms with Crippen molar-refractivity contribution in [2.75, 3.05) is 25.2 Å². The van der Waals surface area contributed by atoms with Gasteiger partial charge in [0.15, 0.2) is 11.4 Å². The number of hydrogen-bond donors (Lipinski definition) is 1. The summed E-state index contributed by atoms with van der Waals surface area (Å²) in [4.78, 5) is 44.8. The summed E-state index contributed by atoms with van der Waals surface area (Å²) in [5.74, 6) is -1.01. The van der Waals surface area contributed by atoms with Crippen molar-refractivity contribution in [2.45, 2.75) is 62.6 Å². The van der Waals surface area contributed by atoms with Crippen LogP contribution in [0.4, 0.5) is 15.5 Å². The highest BCUT2D eigenvalue weighted by atomic mass is 28.4. The number of hydrogen-bond acceptors (Lipinski definition) is 6. The molecule has 11 heteroatoms. The number of aliphatic hydroxyl groups is 1. The van der Waals surface area contributed by atoms with Gasteiger partial charge in [-0.05, 0) is 68.4 Å². The van der Waals surface area contributed by atoms with Crippen LogP contribution in [0.2, 0.25) is 18.6 Å². The molecule has 3 aliphatic rings. The van der Waals surface area contributed by atoms with E-state index in [1.165, 1.54) is 11.7 Å². The van der Waals surface area contributed by atoms with Gasteiger partial charge in [0.25, 0.3) is 11.5 Å². The Morgan fingerprint density at radius 3 is 2.55 bits per heavy atom. The molecule has 2 saturated heterocycles. The van der Waals surface area contributed by atoms with Crippen LogP contribution in [0.1, 0.15) is 31.7 Å². The molecule has 1 spiro atoms. The maximum atomic E-state index is 16.3. The SMILES string of the molecule is COc1cccn(-c2ccc3c(c2)[C@@]2(O[C@H](CC(=O)N4CCC[C@H]4CO)[C@@H]([Si](C)(C)F)[C@@H]2C)C(=O)N3c2ccccc2)c1=O. The molecule has 5 atom stereocenters. The zero-order valence-electron chi connectivity index (χ0n) is 25.4. The van der Waals surface area contributed by atoms with Gasteiger partial charge in [0.2, 0.25) is 14.3 Å². The smallest absolute Gasteiger partial charge is 0.297 e. The lowest BCUT2D eigenvalue weighted by molar-refractivity contribution is -0.149. The zero-order chi connectivity index (χ0) is 31.4. The number of likely N-dealkylation sites (tertiary alicyclic amines) is 1. The minimum absolute atomic E-state index is 0.0867. The minimum Gasteiger partial charge on any atom is -0.491 e. The van der Waals surface area contributed by atoms with Gasteiger partial charge in [-0.2, -0.15) is 0 Å². The number of fused-ring (bicyclic) bond motifs is 2. The van der Waals surface area contributed by atoms with Crippen molar-refractivity contribution in [3.63, 3.8) is 0 Å². The number of pyridine rings is 1. The number of methoxy groups -OCH3 is 1. The van der Waals surface area contributed by atoms with Crippen molar-refractivity contribution in [2.24, 2.45) is 5.92 Å². The van der Waals surface area contributed by atoms with E-state index in [-0.39, 0.29) is 42.2 Å². The molecule has 0 saturated carbocycles. The summed E-state index contributed by atoms with van der Waals surface area (Å²) < 4.78 is 29.8. The Labute approximate surface area is 257 Å². The predicted molar refractivity (Wildman–Crippen MR) is 167 cm³/mol. The molecule has 3 aromatic rings. The van der Waals surface area contributed by atoms with Gasteiger partial charge < -0.3 is 23.6 Å². The number of ether oxygens (including phenoxy) is 2. The molecule has 2 fully saturated rings. The summed E-state index contributed by atoms with van der Waals surface area (Å²) in [7, 11) is -2.09. The molecular formula is C33H38FN3O6Si. The third-order valence-corrected chi connectivity index (χ3v) is 12.0. The highest BCUT2D eigenvalue weighted by Gasteiger charge is 2.67. The molecule has 9 nitrogen and oxygen atoms in total. The van der Waals surface area contributed by atoms with Crippen LogP contribution in [0.3, 0.4) is 0 Å². The van der Waals surface area contributed by atoms with Gasteiger partial charge in [-0.25, -0.2) is 0 Å². The molecule has 0 bridgehead atoms. The van der Waals surface area contributed by atoms with Gasteiger partial charge in [-0.15, -0.1) is 0 Å². The summed E-state index contributed by atoms with van der Waals surface area (Å²) in [6, 6.07) is 17.5. The van der Waals surface area contributed by atoms with Crippen molar-refractivity contribution in [1.29, 1.82) is 0 Å². The van der Waals surface area contributed by atoms with Crippen LogP contribution in [0, 0.1) is 5.92 Å². The standard InChI is InChI=1S/C33H38FN3O6Si/c1-21-30(44(3,4)34)28(19-29(39)35-16-8-12-24(35)20-38)43-33(21)25-18-23(36-17-9-13-27(42-2)31(36)40)14-15-26(25)37(32(33)41)22-10-6-5-7-11-22/h5-7,9-11,13-15,17-18,21,24,28,30,38H,8,12,16,19-20H2,1-4H3/t21-,24-,28+,30-,33+/m0/s1. The number of para-hydroxylation sites is 1. The zero-order valence-corrected chi connectivity index (χ0v) is 26.4. The number of carbonyl (C=O) groups is 2. The normalized spacial score (nSPS) is 26.5. The molecule has 2 amide bonds. The molecule has 2 aromatic carbocycles. The molecular weight excluding hydrogens is 581 g/mol. The minimum atomic E-state index is -3.51. The van der Waals surface area contributed by atoms with E-state index in [0.29, 0.717) is 35.6 Å². The predicted octanol–water partition coefficient (Wildman–Crippen LogP) is 4.67. The van der Waals surface area contributed by atoms with Gasteiger partial charge in [0, 0.05) is 41.1 Å². The van der Waals surface area contributed by atoms with Crippen molar-refractivity contribution in [3.8, 4) is 11.4 Å². The molecule has 0 radical (unpaired) electrons. The first-order valence-corrected chi connectivity index (χ1v) is 18.1. The van der Waals surface area contributed by atoms with E-state index in [1.807, 2.05) is 37.3 Å². The molecule has 0 aliphatic carbocycles. The van der Waals surface area contributed by atoms with E-state index in [2.05, 4.69) is 0 Å². The number of nitrogens with zero attached hydrogens (tertiary/aromatic N) is 3. The highest BCUT2D eigenvalue weighted by Crippen LogP contribution is 2.61. The average Bonchev–Trinajstić information content (AvgIpc) is 3.67. The summed E-state index contributed by atoms with van der Waals surface area (Å²) in [6.07, 6.45) is 2.20. The summed E-state index contributed by atoms with van der Waals surface area (Å²) in [5, 5.41) is 9.83. The molecule has 1 N–H and O–H groups in total. The van der Waals surface area contributed by atoms with Crippen molar-refractivity contribution in [3.05, 3.63) is 82.8 Å². The number of carbonyl (C=O) groups excluding carboxylic acids is 2. The van der Waals surface area contributed by atoms with Gasteiger partial charge in [0.05, 0.1) is 38.0 Å². The summed E-state index contributed by atoms with van der Waals surface area (Å²) in [6.45, 7) is 5.44. The summed E-state index contributed by atoms with van der Waals surface area (Å²) >= 11 is 0. The third kappa shape index (κ3) is 4.69. The maximum absolute atomic E-state index is 16.3. The molecule has 0 unspecified atom stereocenters. The number of amides is 2. The Bertz CT molecular complexity index is 1640. The number of anilines is 2. The largest absolute Gasteiger partial charge is 0.491 e. The van der Waals surface area contributed by atoms with Crippen molar-refractivity contribution < 1.29 is 28.3 Å². The van der Waals surface area contributed by atoms with Crippen LogP contribution in [-0.4, -0.2) is 67.2 Å². The second kappa shape index (κ2) is 11.3. The molecule has 1 aromatic heterocycles. The number of aromatic nitrogens is 1. The lowest BCUT2D eigenvalue weighted by Crippen LogP contribution is -2.44. The fourth-order valence-corrected chi connectivity index (χ4v) is 10.1. The Morgan fingerprint density at radius 2 is 1.86 bits per heavy atom. The fraction of sp³-hybridized carbons (Fsp3) is 0.424. The molecule has 6 rings (SSSR count). The Balaban J connectivity index is 1.50. The maximum Gasteiger partial charge on any atom is 0.297 e. The van der Waals surface area contributed by atoms with Crippen LogP contribution in [-0.2, 0) is 19.9 Å². The lowest BCUT2D eigenvalue weighted by atomic mass is 9.82. The van der Waals surface area contributed by atoms with E-state index >= 15 is 4.11 Å². The van der Waals surface area contributed by atoms with Crippen LogP contribution in [0.25, 0.3) is 5.69 Å². The summed E-state index contributed by atoms with van der Waals surface area (Å²) in [5.41, 5.74) is -0.379. The highest BCUT2D eigenvalue weighted by molar-refractivity contribution is 6.72. The van der Waals surface area contributed by atoms with Crippen molar-refractivity contribution >= 4 is 31.6 Å². The molecule has 232 valence electrons. The van der Waals surface area contributed by atoms with Crippen LogP contribution >= 0.6 is 0 Å². The van der Waals surface area contributed by atoms with Crippen LogP contribution < -0.4 is 15.2 Å². The Hall–Kier alpha value is -3.80. The molecule has 3 aliphatic heterocycles. The van der Waals surface area contributed by atoms with Crippen LogP contribution in [0.5, 0.6) is 5.75 Å². The van der Waals surface area contributed by atoms with E-state index < -0.39 is 31.6 Å². The van der Waals surface area contributed by atoms with Gasteiger partial charge >= 0.3 is 0 Å². The van der Waals surface area contributed by atoms with E-state index in [4.69, 9.17) is 9.47 Å². The quantitative estimate of drug-likeness (QED) is 0.305. The first-order chi connectivity index (χ1) is 21.0. The monoisotopic (exact) mass is 619 g/mol. The van der Waals surface area contributed by atoms with Crippen molar-refractivity contribution in [1.82, 2.24) is 9.47 Å². The number of benzene rings is 2. The first kappa shape index (κ1) is 30.2. The number of halogens is 1. The Kier molecular flexibility index (Phi) is 7.75. The number of aliphatic hydroxyl groups excluding tert-OH is 1. The second-order valence-electron chi connectivity index (χ2n) is 12.5. The fourth-order valence-electron chi connectivity index (χ4n) is 7.62. The van der Waals surface area contributed by atoms with E-state index in [9.17, 15) is 19.5 Å². The average molecular weight is 620 g/mol. The number of rotatable bonds is 7. The lowest BCUT2D eigenvalue weighted by Gasteiger charge is -2.31. The van der Waals surface area contributed by atoms with E-state index in [0.717, 1.165) is 6.42 Å². The molecule has 44 heavy (non-hydrogen) atoms. The van der Waals surface area contributed by atoms with E-state index in [1.54, 1.807) is 59.4 Å². The van der Waals surface area contributed by atoms with Crippen LogP contribution in [0.15, 0.2) is 71.7 Å². The van der Waals surface area contributed by atoms with Gasteiger partial charge in [-0.3, -0.25) is 23.9 Å². The van der Waals surface area contributed by atoms with Gasteiger partial charge in [0.1, 0.15) is 0 Å². The Morgan fingerprint density at radius 1 is 1.11 bits per heavy atom. The second-order valence-corrected chi connectivity index (χ2v) is 16.3. The topological polar surface area (TPSA) is 101 Å². The third-order valence-electron chi connectivity index (χ3n) is 9.56.